The molecule has 1 N–H and O–H groups in total. The Kier molecular flexibility index (Phi) is 4.26. The highest BCUT2D eigenvalue weighted by Crippen LogP contribution is 2.38. The molecule has 0 aliphatic heterocycles. The lowest BCUT2D eigenvalue weighted by Gasteiger charge is -2.16. The highest BCUT2D eigenvalue weighted by molar-refractivity contribution is 7.92. The molecule has 7 heteroatoms. The maximum Gasteiger partial charge on any atom is 0.247 e. The topological polar surface area (TPSA) is 89.0 Å². The van der Waals surface area contributed by atoms with Crippen LogP contribution in [0.4, 0.5) is 5.69 Å². The van der Waals surface area contributed by atoms with Crippen LogP contribution in [0.1, 0.15) is 40.8 Å². The van der Waals surface area contributed by atoms with Crippen molar-refractivity contribution >= 4 is 21.4 Å². The van der Waals surface area contributed by atoms with Crippen molar-refractivity contribution in [3.63, 3.8) is 0 Å². The normalized spacial score (nSPS) is 15.6. The lowest BCUT2D eigenvalue weighted by atomic mass is 9.98. The summed E-state index contributed by atoms with van der Waals surface area (Å²) in [4.78, 5) is 20.3. The third-order valence-electron chi connectivity index (χ3n) is 5.11. The van der Waals surface area contributed by atoms with Gasteiger partial charge in [0.15, 0.2) is 0 Å². The van der Waals surface area contributed by atoms with Gasteiger partial charge in [0.2, 0.25) is 20.9 Å². The van der Waals surface area contributed by atoms with Gasteiger partial charge in [0.1, 0.15) is 5.75 Å². The summed E-state index contributed by atoms with van der Waals surface area (Å²) < 4.78 is 24.9. The Labute approximate surface area is 153 Å². The number of carbonyl (C=O) groups is 1. The van der Waals surface area contributed by atoms with E-state index in [1.54, 1.807) is 13.0 Å². The number of carbonyl (C=O) groups excluding carboxylic acids is 1. The third-order valence-corrected chi connectivity index (χ3v) is 6.50. The number of hydrogen-bond acceptors (Lipinski definition) is 5. The number of hydrogen-bond donors (Lipinski definition) is 1. The Hall–Kier alpha value is -2.28. The molecule has 0 atom stereocenters. The molecular weight excluding hydrogens is 350 g/mol. The Bertz CT molecular complexity index is 967. The monoisotopic (exact) mass is 371 g/mol. The molecule has 1 amide bonds. The van der Waals surface area contributed by atoms with Crippen LogP contribution in [0.3, 0.4) is 0 Å². The first kappa shape index (κ1) is 17.1. The zero-order chi connectivity index (χ0) is 18.3. The van der Waals surface area contributed by atoms with Gasteiger partial charge in [-0.15, -0.1) is 0 Å². The van der Waals surface area contributed by atoms with E-state index < -0.39 is 21.5 Å². The molecule has 1 aromatic carbocycles. The molecular formula is C19H21N3O3S. The first-order valence-electron chi connectivity index (χ1n) is 8.93. The van der Waals surface area contributed by atoms with Gasteiger partial charge in [-0.05, 0) is 73.8 Å². The van der Waals surface area contributed by atoms with E-state index in [2.05, 4.69) is 21.4 Å². The lowest BCUT2D eigenvalue weighted by Crippen LogP contribution is -2.25. The highest BCUT2D eigenvalue weighted by atomic mass is 32.2. The summed E-state index contributed by atoms with van der Waals surface area (Å²) in [5, 5.41) is 2.61. The number of sulfone groups is 1. The molecule has 2 aromatic rings. The van der Waals surface area contributed by atoms with E-state index in [0.717, 1.165) is 44.2 Å². The zero-order valence-corrected chi connectivity index (χ0v) is 15.5. The minimum atomic E-state index is -3.86. The molecule has 136 valence electrons. The standard InChI is InChI=1S/C19H21N3O3S/c1-12-8-9-20-19(21-12)26(24,25)11-17(23)22-18-15-6-2-4-13(15)10-14-5-3-7-16(14)18/h8-10H,2-7,11H2,1H3,(H,22,23). The molecule has 2 aliphatic carbocycles. The van der Waals surface area contributed by atoms with Gasteiger partial charge in [-0.3, -0.25) is 4.79 Å². The van der Waals surface area contributed by atoms with Crippen molar-refractivity contribution < 1.29 is 13.2 Å². The van der Waals surface area contributed by atoms with Crippen LogP contribution in [-0.4, -0.2) is 30.0 Å². The molecule has 0 unspecified atom stereocenters. The van der Waals surface area contributed by atoms with E-state index in [1.165, 1.54) is 28.5 Å². The Morgan fingerprint density at radius 2 is 1.77 bits per heavy atom. The summed E-state index contributed by atoms with van der Waals surface area (Å²) in [7, 11) is -3.86. The van der Waals surface area contributed by atoms with Crippen LogP contribution in [0, 0.1) is 6.92 Å². The molecule has 26 heavy (non-hydrogen) atoms. The maximum absolute atomic E-state index is 12.5. The maximum atomic E-state index is 12.5. The van der Waals surface area contributed by atoms with E-state index in [0.29, 0.717) is 5.69 Å². The summed E-state index contributed by atoms with van der Waals surface area (Å²) >= 11 is 0. The fraction of sp³-hybridized carbons (Fsp3) is 0.421. The summed E-state index contributed by atoms with van der Waals surface area (Å²) in [5.74, 6) is -1.17. The van der Waals surface area contributed by atoms with Crippen molar-refractivity contribution in [2.24, 2.45) is 0 Å². The Morgan fingerprint density at radius 3 is 2.38 bits per heavy atom. The van der Waals surface area contributed by atoms with Crippen molar-refractivity contribution in [1.29, 1.82) is 0 Å². The average molecular weight is 371 g/mol. The number of anilines is 1. The van der Waals surface area contributed by atoms with E-state index in [-0.39, 0.29) is 5.16 Å². The number of nitrogens with zero attached hydrogens (tertiary/aromatic N) is 2. The molecule has 0 spiro atoms. The quantitative estimate of drug-likeness (QED) is 0.832. The van der Waals surface area contributed by atoms with Crippen molar-refractivity contribution in [3.05, 3.63) is 46.3 Å². The second-order valence-corrected chi connectivity index (χ2v) is 8.91. The van der Waals surface area contributed by atoms with Crippen LogP contribution >= 0.6 is 0 Å². The zero-order valence-electron chi connectivity index (χ0n) is 14.7. The van der Waals surface area contributed by atoms with E-state index in [9.17, 15) is 13.2 Å². The van der Waals surface area contributed by atoms with Gasteiger partial charge >= 0.3 is 0 Å². The van der Waals surface area contributed by atoms with Crippen molar-refractivity contribution in [1.82, 2.24) is 9.97 Å². The molecule has 0 fully saturated rings. The van der Waals surface area contributed by atoms with Gasteiger partial charge in [0.25, 0.3) is 0 Å². The fourth-order valence-electron chi connectivity index (χ4n) is 3.96. The molecule has 6 nitrogen and oxygen atoms in total. The van der Waals surface area contributed by atoms with Crippen LogP contribution in [0.15, 0.2) is 23.5 Å². The number of amides is 1. The SMILES string of the molecule is Cc1ccnc(S(=O)(=O)CC(=O)Nc2c3c(cc4c2CCC4)CCC3)n1. The van der Waals surface area contributed by atoms with Crippen LogP contribution < -0.4 is 5.32 Å². The van der Waals surface area contributed by atoms with Crippen LogP contribution in [0.2, 0.25) is 0 Å². The van der Waals surface area contributed by atoms with Gasteiger partial charge in [-0.1, -0.05) is 6.07 Å². The molecule has 2 aliphatic rings. The number of benzene rings is 1. The smallest absolute Gasteiger partial charge is 0.247 e. The number of nitrogens with one attached hydrogen (secondary N) is 1. The Morgan fingerprint density at radius 1 is 1.12 bits per heavy atom. The summed E-state index contributed by atoms with van der Waals surface area (Å²) in [6.07, 6.45) is 7.48. The van der Waals surface area contributed by atoms with Gasteiger partial charge < -0.3 is 5.32 Å². The fourth-order valence-corrected chi connectivity index (χ4v) is 5.01. The van der Waals surface area contributed by atoms with Crippen LogP contribution in [-0.2, 0) is 40.3 Å². The molecule has 4 rings (SSSR count). The molecule has 0 saturated heterocycles. The molecule has 0 radical (unpaired) electrons. The lowest BCUT2D eigenvalue weighted by molar-refractivity contribution is -0.113. The minimum absolute atomic E-state index is 0.295. The predicted molar refractivity (Wildman–Crippen MR) is 97.9 cm³/mol. The van der Waals surface area contributed by atoms with Gasteiger partial charge in [-0.25, -0.2) is 18.4 Å². The second-order valence-electron chi connectivity index (χ2n) is 7.02. The van der Waals surface area contributed by atoms with E-state index >= 15 is 0 Å². The molecule has 0 saturated carbocycles. The largest absolute Gasteiger partial charge is 0.325 e. The predicted octanol–water partition coefficient (Wildman–Crippen LogP) is 2.17. The minimum Gasteiger partial charge on any atom is -0.325 e. The molecule has 1 heterocycles. The summed E-state index contributed by atoms with van der Waals surface area (Å²) in [5.41, 5.74) is 6.37. The van der Waals surface area contributed by atoms with E-state index in [1.807, 2.05) is 0 Å². The molecule has 1 aromatic heterocycles. The summed E-state index contributed by atoms with van der Waals surface area (Å²) in [6.45, 7) is 1.69. The first-order chi connectivity index (χ1) is 12.4. The van der Waals surface area contributed by atoms with Crippen LogP contribution in [0.5, 0.6) is 0 Å². The number of fused-ring (bicyclic) bond motifs is 2. The second kappa shape index (κ2) is 6.46. The van der Waals surface area contributed by atoms with Crippen LogP contribution in [0.25, 0.3) is 0 Å². The Balaban J connectivity index is 1.60. The average Bonchev–Trinajstić information content (AvgIpc) is 3.23. The van der Waals surface area contributed by atoms with Crippen molar-refractivity contribution in [2.75, 3.05) is 11.1 Å². The van der Waals surface area contributed by atoms with Gasteiger partial charge in [0, 0.05) is 17.6 Å². The summed E-state index contributed by atoms with van der Waals surface area (Å²) in [6, 6.07) is 3.90. The van der Waals surface area contributed by atoms with E-state index in [4.69, 9.17) is 0 Å². The van der Waals surface area contributed by atoms with Crippen molar-refractivity contribution in [2.45, 2.75) is 50.6 Å². The number of aryl methyl sites for hydroxylation is 3. The number of rotatable bonds is 4. The van der Waals surface area contributed by atoms with Gasteiger partial charge in [-0.2, -0.15) is 0 Å². The third kappa shape index (κ3) is 3.11. The van der Waals surface area contributed by atoms with Crippen molar-refractivity contribution in [3.8, 4) is 0 Å². The first-order valence-corrected chi connectivity index (χ1v) is 10.6. The number of aromatic nitrogens is 2. The molecule has 0 bridgehead atoms. The highest BCUT2D eigenvalue weighted by Gasteiger charge is 2.27. The van der Waals surface area contributed by atoms with Gasteiger partial charge in [0.05, 0.1) is 0 Å².